The van der Waals surface area contributed by atoms with Crippen molar-refractivity contribution in [2.24, 2.45) is 5.92 Å². The summed E-state index contributed by atoms with van der Waals surface area (Å²) in [7, 11) is 0. The van der Waals surface area contributed by atoms with Crippen molar-refractivity contribution in [1.82, 2.24) is 10.6 Å². The summed E-state index contributed by atoms with van der Waals surface area (Å²) in [5.74, 6) is -0.167. The third kappa shape index (κ3) is 6.05. The van der Waals surface area contributed by atoms with E-state index in [0.717, 1.165) is 18.5 Å². The van der Waals surface area contributed by atoms with Crippen molar-refractivity contribution in [3.05, 3.63) is 76.9 Å². The van der Waals surface area contributed by atoms with Crippen LogP contribution in [0.4, 0.5) is 0 Å². The van der Waals surface area contributed by atoms with Gasteiger partial charge in [-0.15, -0.1) is 0 Å². The van der Waals surface area contributed by atoms with Crippen LogP contribution in [0.15, 0.2) is 60.2 Å². The highest BCUT2D eigenvalue weighted by atomic mass is 16.4. The number of aromatic carboxylic acids is 1. The maximum Gasteiger partial charge on any atom is 0.335 e. The summed E-state index contributed by atoms with van der Waals surface area (Å²) in [4.78, 5) is 11.0. The number of nitrogens with one attached hydrogen (secondary N) is 2. The molecule has 0 aliphatic heterocycles. The lowest BCUT2D eigenvalue weighted by atomic mass is 9.91. The van der Waals surface area contributed by atoms with Gasteiger partial charge in [-0.05, 0) is 67.7 Å². The lowest BCUT2D eigenvalue weighted by molar-refractivity contribution is 0.0697. The Hall–Kier alpha value is -2.43. The van der Waals surface area contributed by atoms with Crippen molar-refractivity contribution in [2.75, 3.05) is 0 Å². The van der Waals surface area contributed by atoms with E-state index < -0.39 is 5.97 Å². The van der Waals surface area contributed by atoms with Crippen molar-refractivity contribution < 1.29 is 9.90 Å². The summed E-state index contributed by atoms with van der Waals surface area (Å²) in [6, 6.07) is 19.7. The fourth-order valence-corrected chi connectivity index (χ4v) is 4.82. The number of carboxylic acid groups (broad SMARTS) is 1. The normalized spacial score (nSPS) is 25.9. The minimum Gasteiger partial charge on any atom is -0.478 e. The third-order valence-electron chi connectivity index (χ3n) is 6.80. The minimum atomic E-state index is -0.871. The van der Waals surface area contributed by atoms with Crippen LogP contribution in [0.5, 0.6) is 0 Å². The van der Waals surface area contributed by atoms with Gasteiger partial charge in [-0.1, -0.05) is 61.0 Å². The lowest BCUT2D eigenvalue weighted by Crippen LogP contribution is -2.40. The molecule has 0 radical (unpaired) electrons. The summed E-state index contributed by atoms with van der Waals surface area (Å²) in [5, 5.41) is 16.6. The lowest BCUT2D eigenvalue weighted by Gasteiger charge is -2.30. The van der Waals surface area contributed by atoms with Gasteiger partial charge in [-0.25, -0.2) is 4.79 Å². The molecular weight excluding hydrogens is 384 g/mol. The molecule has 3 N–H and O–H groups in total. The molecule has 164 valence electrons. The zero-order valence-electron chi connectivity index (χ0n) is 18.4. The molecule has 4 rings (SSSR count). The first-order valence-electron chi connectivity index (χ1n) is 11.7. The molecule has 2 aromatic rings. The molecule has 0 saturated heterocycles. The molecule has 0 aromatic heterocycles. The molecule has 31 heavy (non-hydrogen) atoms. The Balaban J connectivity index is 1.18. The molecule has 4 heteroatoms. The zero-order valence-corrected chi connectivity index (χ0v) is 18.4. The molecule has 2 aliphatic rings. The Labute approximate surface area is 185 Å². The second-order valence-electron chi connectivity index (χ2n) is 9.03. The van der Waals surface area contributed by atoms with Gasteiger partial charge in [-0.2, -0.15) is 0 Å². The van der Waals surface area contributed by atoms with E-state index in [1.807, 2.05) is 12.1 Å². The van der Waals surface area contributed by atoms with Gasteiger partial charge in [0.2, 0.25) is 0 Å². The largest absolute Gasteiger partial charge is 0.478 e. The highest BCUT2D eigenvalue weighted by molar-refractivity contribution is 5.87. The number of carboxylic acids is 1. The van der Waals surface area contributed by atoms with Crippen LogP contribution < -0.4 is 10.6 Å². The molecule has 0 spiro atoms. The maximum atomic E-state index is 11.0. The zero-order chi connectivity index (χ0) is 21.6. The number of carbonyl (C=O) groups is 1. The molecule has 2 aliphatic carbocycles. The van der Waals surface area contributed by atoms with Crippen LogP contribution in [-0.4, -0.2) is 29.2 Å². The molecule has 2 fully saturated rings. The molecular formula is C27H34N2O2. The standard InChI is InChI=1S/C27H34N2O2/c1-2-21(16-19-6-4-3-5-7-19)25-17-26(25)29-24-14-12-23(13-15-24)28-18-20-8-10-22(11-9-20)27(30)31/h3-11,16,23-26,28-29H,2,12-15,17-18H2,1H3,(H,30,31). The summed E-state index contributed by atoms with van der Waals surface area (Å²) in [6.45, 7) is 3.08. The van der Waals surface area contributed by atoms with Crippen molar-refractivity contribution in [3.63, 3.8) is 0 Å². The monoisotopic (exact) mass is 418 g/mol. The average Bonchev–Trinajstić information content (AvgIpc) is 3.56. The highest BCUT2D eigenvalue weighted by Gasteiger charge is 2.40. The first kappa shape index (κ1) is 21.8. The Bertz CT molecular complexity index is 883. The van der Waals surface area contributed by atoms with Crippen LogP contribution >= 0.6 is 0 Å². The highest BCUT2D eigenvalue weighted by Crippen LogP contribution is 2.40. The van der Waals surface area contributed by atoms with Crippen LogP contribution in [0.25, 0.3) is 6.08 Å². The Morgan fingerprint density at radius 3 is 2.32 bits per heavy atom. The van der Waals surface area contributed by atoms with E-state index in [1.54, 1.807) is 17.7 Å². The van der Waals surface area contributed by atoms with Crippen LogP contribution in [0, 0.1) is 5.92 Å². The fourth-order valence-electron chi connectivity index (χ4n) is 4.82. The quantitative estimate of drug-likeness (QED) is 0.520. The SMILES string of the molecule is CCC(=Cc1ccccc1)C1CC1NC1CCC(NCc2ccc(C(=O)O)cc2)CC1. The second-order valence-corrected chi connectivity index (χ2v) is 9.03. The molecule has 2 unspecified atom stereocenters. The second kappa shape index (κ2) is 10.3. The minimum absolute atomic E-state index is 0.346. The number of hydrogen-bond acceptors (Lipinski definition) is 3. The van der Waals surface area contributed by atoms with Crippen molar-refractivity contribution in [3.8, 4) is 0 Å². The third-order valence-corrected chi connectivity index (χ3v) is 6.80. The molecule has 2 atom stereocenters. The molecule has 2 aromatic carbocycles. The topological polar surface area (TPSA) is 61.4 Å². The van der Waals surface area contributed by atoms with Crippen molar-refractivity contribution in [2.45, 2.75) is 70.1 Å². The predicted molar refractivity (Wildman–Crippen MR) is 126 cm³/mol. The molecule has 4 nitrogen and oxygen atoms in total. The van der Waals surface area contributed by atoms with Gasteiger partial charge in [0.15, 0.2) is 0 Å². The van der Waals surface area contributed by atoms with Gasteiger partial charge in [0, 0.05) is 24.7 Å². The van der Waals surface area contributed by atoms with E-state index in [1.165, 1.54) is 37.7 Å². The van der Waals surface area contributed by atoms with Crippen LogP contribution in [-0.2, 0) is 6.54 Å². The van der Waals surface area contributed by atoms with Gasteiger partial charge in [0.05, 0.1) is 5.56 Å². The van der Waals surface area contributed by atoms with Crippen LogP contribution in [0.1, 0.15) is 66.9 Å². The Morgan fingerprint density at radius 2 is 1.68 bits per heavy atom. The van der Waals surface area contributed by atoms with E-state index in [4.69, 9.17) is 5.11 Å². The molecule has 0 amide bonds. The molecule has 0 heterocycles. The van der Waals surface area contributed by atoms with Crippen molar-refractivity contribution in [1.29, 1.82) is 0 Å². The number of hydrogen-bond donors (Lipinski definition) is 3. The predicted octanol–water partition coefficient (Wildman–Crippen LogP) is 5.26. The van der Waals surface area contributed by atoms with E-state index in [2.05, 4.69) is 54.0 Å². The maximum absolute atomic E-state index is 11.0. The van der Waals surface area contributed by atoms with E-state index >= 15 is 0 Å². The Morgan fingerprint density at radius 1 is 1.00 bits per heavy atom. The summed E-state index contributed by atoms with van der Waals surface area (Å²) >= 11 is 0. The number of rotatable bonds is 9. The fraction of sp³-hybridized carbons (Fsp3) is 0.444. The summed E-state index contributed by atoms with van der Waals surface area (Å²) in [6.07, 6.45) is 9.63. The first-order chi connectivity index (χ1) is 15.1. The first-order valence-corrected chi connectivity index (χ1v) is 11.7. The van der Waals surface area contributed by atoms with E-state index in [0.29, 0.717) is 29.6 Å². The van der Waals surface area contributed by atoms with Crippen LogP contribution in [0.2, 0.25) is 0 Å². The van der Waals surface area contributed by atoms with E-state index in [9.17, 15) is 4.79 Å². The number of benzene rings is 2. The average molecular weight is 419 g/mol. The van der Waals surface area contributed by atoms with Gasteiger partial charge in [-0.3, -0.25) is 0 Å². The molecule has 2 saturated carbocycles. The van der Waals surface area contributed by atoms with Crippen LogP contribution in [0.3, 0.4) is 0 Å². The van der Waals surface area contributed by atoms with Gasteiger partial charge >= 0.3 is 5.97 Å². The van der Waals surface area contributed by atoms with E-state index in [-0.39, 0.29) is 0 Å². The summed E-state index contributed by atoms with van der Waals surface area (Å²) in [5.41, 5.74) is 4.38. The van der Waals surface area contributed by atoms with Gasteiger partial charge < -0.3 is 15.7 Å². The summed E-state index contributed by atoms with van der Waals surface area (Å²) < 4.78 is 0. The van der Waals surface area contributed by atoms with Gasteiger partial charge in [0.1, 0.15) is 0 Å². The van der Waals surface area contributed by atoms with Gasteiger partial charge in [0.25, 0.3) is 0 Å². The smallest absolute Gasteiger partial charge is 0.335 e. The van der Waals surface area contributed by atoms with Crippen molar-refractivity contribution >= 4 is 12.0 Å². The Kier molecular flexibility index (Phi) is 7.21. The molecule has 0 bridgehead atoms.